The molecule has 1 heterocycles. The lowest BCUT2D eigenvalue weighted by Crippen LogP contribution is -2.37. The van der Waals surface area contributed by atoms with E-state index in [0.29, 0.717) is 24.2 Å². The monoisotopic (exact) mass is 404 g/mol. The van der Waals surface area contributed by atoms with Gasteiger partial charge in [-0.05, 0) is 31.9 Å². The van der Waals surface area contributed by atoms with Gasteiger partial charge in [-0.1, -0.05) is 37.1 Å². The smallest absolute Gasteiger partial charge is 0.230 e. The van der Waals surface area contributed by atoms with Gasteiger partial charge in [0.25, 0.3) is 0 Å². The van der Waals surface area contributed by atoms with Crippen LogP contribution in [0.4, 0.5) is 0 Å². The van der Waals surface area contributed by atoms with Crippen LogP contribution in [0.25, 0.3) is 0 Å². The predicted octanol–water partition coefficient (Wildman–Crippen LogP) is 3.43. The molecule has 2 aromatic rings. The van der Waals surface area contributed by atoms with E-state index in [-0.39, 0.29) is 5.91 Å². The number of nitrogens with zero attached hydrogens (tertiary/aromatic N) is 3. The van der Waals surface area contributed by atoms with Crippen molar-refractivity contribution >= 4 is 17.7 Å². The van der Waals surface area contributed by atoms with Crippen molar-refractivity contribution in [3.63, 3.8) is 0 Å². The molecule has 1 fully saturated rings. The van der Waals surface area contributed by atoms with Gasteiger partial charge in [-0.2, -0.15) is 0 Å². The Morgan fingerprint density at radius 1 is 1.25 bits per heavy atom. The number of ether oxygens (including phenoxy) is 2. The highest BCUT2D eigenvalue weighted by atomic mass is 32.2. The molecule has 7 nitrogen and oxygen atoms in total. The third-order valence-corrected chi connectivity index (χ3v) is 5.79. The number of nitrogens with one attached hydrogen (secondary N) is 1. The number of amides is 1. The molecule has 8 heteroatoms. The maximum atomic E-state index is 12.2. The second-order valence-corrected chi connectivity index (χ2v) is 7.74. The summed E-state index contributed by atoms with van der Waals surface area (Å²) in [5, 5.41) is 12.4. The van der Waals surface area contributed by atoms with Gasteiger partial charge in [0.15, 0.2) is 11.0 Å². The molecule has 1 amide bonds. The first-order valence-corrected chi connectivity index (χ1v) is 10.8. The maximum absolute atomic E-state index is 12.2. The predicted molar refractivity (Wildman–Crippen MR) is 109 cm³/mol. The van der Waals surface area contributed by atoms with Crippen LogP contribution < -0.4 is 14.8 Å². The van der Waals surface area contributed by atoms with Gasteiger partial charge in [0.05, 0.1) is 12.9 Å². The van der Waals surface area contributed by atoms with Gasteiger partial charge in [0, 0.05) is 18.7 Å². The van der Waals surface area contributed by atoms with E-state index in [1.807, 2.05) is 35.8 Å². The van der Waals surface area contributed by atoms with Gasteiger partial charge in [0.1, 0.15) is 18.1 Å². The van der Waals surface area contributed by atoms with Crippen LogP contribution in [0.5, 0.6) is 11.5 Å². The summed E-state index contributed by atoms with van der Waals surface area (Å²) >= 11 is 1.42. The van der Waals surface area contributed by atoms with E-state index in [4.69, 9.17) is 9.47 Å². The van der Waals surface area contributed by atoms with E-state index in [1.165, 1.54) is 31.0 Å². The Balaban J connectivity index is 1.53. The molecule has 1 aromatic carbocycles. The number of methoxy groups -OCH3 is 1. The molecule has 1 aliphatic rings. The lowest BCUT2D eigenvalue weighted by atomic mass is 9.95. The van der Waals surface area contributed by atoms with Crippen LogP contribution in [-0.2, 0) is 17.9 Å². The lowest BCUT2D eigenvalue weighted by molar-refractivity contribution is -0.119. The van der Waals surface area contributed by atoms with E-state index in [9.17, 15) is 4.79 Å². The van der Waals surface area contributed by atoms with Gasteiger partial charge in [0.2, 0.25) is 5.91 Å². The molecule has 0 saturated heterocycles. The molecule has 152 valence electrons. The molecule has 1 saturated carbocycles. The average molecular weight is 405 g/mol. The van der Waals surface area contributed by atoms with E-state index >= 15 is 0 Å². The molecule has 3 rings (SSSR count). The molecular weight excluding hydrogens is 376 g/mol. The Morgan fingerprint density at radius 2 is 2.04 bits per heavy atom. The van der Waals surface area contributed by atoms with Crippen molar-refractivity contribution in [2.75, 3.05) is 12.9 Å². The summed E-state index contributed by atoms with van der Waals surface area (Å²) in [5.41, 5.74) is 0. The number of aromatic nitrogens is 3. The van der Waals surface area contributed by atoms with Gasteiger partial charge < -0.3 is 19.4 Å². The zero-order valence-corrected chi connectivity index (χ0v) is 17.3. The third-order valence-electron chi connectivity index (χ3n) is 4.82. The van der Waals surface area contributed by atoms with Crippen molar-refractivity contribution in [1.29, 1.82) is 0 Å². The maximum Gasteiger partial charge on any atom is 0.230 e. The van der Waals surface area contributed by atoms with Crippen molar-refractivity contribution in [1.82, 2.24) is 20.1 Å². The van der Waals surface area contributed by atoms with Gasteiger partial charge in [-0.25, -0.2) is 0 Å². The number of benzene rings is 1. The largest absolute Gasteiger partial charge is 0.497 e. The Kier molecular flexibility index (Phi) is 7.59. The number of rotatable bonds is 9. The van der Waals surface area contributed by atoms with Crippen LogP contribution in [0.2, 0.25) is 0 Å². The first-order chi connectivity index (χ1) is 13.7. The summed E-state index contributed by atoms with van der Waals surface area (Å²) < 4.78 is 13.0. The van der Waals surface area contributed by atoms with Crippen LogP contribution in [0.1, 0.15) is 44.9 Å². The SMILES string of the molecule is CCn1c(COc2cccc(OC)c2)nnc1SCC(=O)NC1CCCCC1. The Bertz CT molecular complexity index is 775. The van der Waals surface area contributed by atoms with Crippen LogP contribution >= 0.6 is 11.8 Å². The van der Waals surface area contributed by atoms with Crippen molar-refractivity contribution in [2.45, 2.75) is 63.4 Å². The van der Waals surface area contributed by atoms with Gasteiger partial charge in [-0.15, -0.1) is 10.2 Å². The minimum absolute atomic E-state index is 0.0664. The molecule has 1 N–H and O–H groups in total. The highest BCUT2D eigenvalue weighted by Gasteiger charge is 2.17. The number of carbonyl (C=O) groups excluding carboxylic acids is 1. The van der Waals surface area contributed by atoms with Gasteiger partial charge in [-0.3, -0.25) is 4.79 Å². The molecule has 0 unspecified atom stereocenters. The van der Waals surface area contributed by atoms with E-state index in [2.05, 4.69) is 15.5 Å². The van der Waals surface area contributed by atoms with E-state index in [1.54, 1.807) is 7.11 Å². The van der Waals surface area contributed by atoms with Crippen LogP contribution in [0, 0.1) is 0 Å². The summed E-state index contributed by atoms with van der Waals surface area (Å²) in [6.07, 6.45) is 5.87. The second-order valence-electron chi connectivity index (χ2n) is 6.80. The van der Waals surface area contributed by atoms with Crippen molar-refractivity contribution in [3.8, 4) is 11.5 Å². The van der Waals surface area contributed by atoms with Crippen molar-refractivity contribution < 1.29 is 14.3 Å². The van der Waals surface area contributed by atoms with Crippen LogP contribution in [-0.4, -0.2) is 39.6 Å². The molecule has 0 spiro atoms. The second kappa shape index (κ2) is 10.4. The zero-order chi connectivity index (χ0) is 19.8. The van der Waals surface area contributed by atoms with Crippen LogP contribution in [0.15, 0.2) is 29.4 Å². The zero-order valence-electron chi connectivity index (χ0n) is 16.5. The van der Waals surface area contributed by atoms with E-state index in [0.717, 1.165) is 36.1 Å². The Morgan fingerprint density at radius 3 is 2.79 bits per heavy atom. The highest BCUT2D eigenvalue weighted by Crippen LogP contribution is 2.22. The Hall–Kier alpha value is -2.22. The molecule has 0 atom stereocenters. The topological polar surface area (TPSA) is 78.3 Å². The van der Waals surface area contributed by atoms with E-state index < -0.39 is 0 Å². The molecule has 0 bridgehead atoms. The third kappa shape index (κ3) is 5.64. The first-order valence-electron chi connectivity index (χ1n) is 9.80. The summed E-state index contributed by atoms with van der Waals surface area (Å²) in [4.78, 5) is 12.2. The number of hydrogen-bond donors (Lipinski definition) is 1. The molecule has 28 heavy (non-hydrogen) atoms. The number of thioether (sulfide) groups is 1. The molecule has 0 radical (unpaired) electrons. The standard InChI is InChI=1S/C20H28N4O3S/c1-3-24-18(13-27-17-11-7-10-16(12-17)26-2)22-23-20(24)28-14-19(25)21-15-8-5-4-6-9-15/h7,10-12,15H,3-6,8-9,13-14H2,1-2H3,(H,21,25). The van der Waals surface area contributed by atoms with Crippen LogP contribution in [0.3, 0.4) is 0 Å². The number of hydrogen-bond acceptors (Lipinski definition) is 6. The molecule has 1 aliphatic carbocycles. The minimum Gasteiger partial charge on any atom is -0.497 e. The van der Waals surface area contributed by atoms with Gasteiger partial charge >= 0.3 is 0 Å². The average Bonchev–Trinajstić information content (AvgIpc) is 3.13. The normalized spacial score (nSPS) is 14.6. The molecular formula is C20H28N4O3S. The summed E-state index contributed by atoms with van der Waals surface area (Å²) in [6.45, 7) is 3.06. The summed E-state index contributed by atoms with van der Waals surface area (Å²) in [6, 6.07) is 7.79. The highest BCUT2D eigenvalue weighted by molar-refractivity contribution is 7.99. The summed E-state index contributed by atoms with van der Waals surface area (Å²) in [5.74, 6) is 2.61. The fourth-order valence-corrected chi connectivity index (χ4v) is 4.17. The molecule has 1 aromatic heterocycles. The fraction of sp³-hybridized carbons (Fsp3) is 0.550. The Labute approximate surface area is 170 Å². The quantitative estimate of drug-likeness (QED) is 0.645. The number of carbonyl (C=O) groups is 1. The van der Waals surface area contributed by atoms with Crippen molar-refractivity contribution in [2.24, 2.45) is 0 Å². The fourth-order valence-electron chi connectivity index (χ4n) is 3.34. The lowest BCUT2D eigenvalue weighted by Gasteiger charge is -2.22. The first kappa shape index (κ1) is 20.5. The summed E-state index contributed by atoms with van der Waals surface area (Å²) in [7, 11) is 1.63. The minimum atomic E-state index is 0.0664. The van der Waals surface area contributed by atoms with Crippen molar-refractivity contribution in [3.05, 3.63) is 30.1 Å². The molecule has 0 aliphatic heterocycles.